The van der Waals surface area contributed by atoms with E-state index >= 15 is 0 Å². The zero-order valence-corrected chi connectivity index (χ0v) is 15.1. The highest BCUT2D eigenvalue weighted by atomic mass is 32.1. The van der Waals surface area contributed by atoms with Crippen LogP contribution >= 0.6 is 11.3 Å². The monoisotopic (exact) mass is 365 g/mol. The Bertz CT molecular complexity index is 696. The van der Waals surface area contributed by atoms with Gasteiger partial charge in [-0.2, -0.15) is 0 Å². The number of esters is 1. The van der Waals surface area contributed by atoms with Crippen LogP contribution in [0.15, 0.2) is 0 Å². The molecule has 1 amide bonds. The van der Waals surface area contributed by atoms with Crippen molar-refractivity contribution in [2.24, 2.45) is 11.8 Å². The van der Waals surface area contributed by atoms with Crippen LogP contribution in [0.3, 0.4) is 0 Å². The van der Waals surface area contributed by atoms with E-state index in [1.807, 2.05) is 0 Å². The molecule has 1 aromatic heterocycles. The number of hydrogen-bond acceptors (Lipinski definition) is 5. The molecule has 0 aliphatic heterocycles. The summed E-state index contributed by atoms with van der Waals surface area (Å²) in [6.07, 6.45) is 5.52. The summed E-state index contributed by atoms with van der Waals surface area (Å²) in [5.74, 6) is -2.81. The van der Waals surface area contributed by atoms with Gasteiger partial charge in [-0.15, -0.1) is 11.3 Å². The van der Waals surface area contributed by atoms with Gasteiger partial charge in [-0.05, 0) is 44.6 Å². The number of amides is 1. The largest absolute Gasteiger partial charge is 0.481 e. The number of nitrogens with one attached hydrogen (secondary N) is 1. The first-order chi connectivity index (χ1) is 12.0. The van der Waals surface area contributed by atoms with Gasteiger partial charge < -0.3 is 15.2 Å². The number of ether oxygens (including phenoxy) is 1. The molecule has 1 aromatic rings. The molecule has 3 rings (SSSR count). The zero-order valence-electron chi connectivity index (χ0n) is 14.3. The molecule has 2 atom stereocenters. The maximum atomic E-state index is 12.7. The zero-order chi connectivity index (χ0) is 18.0. The Morgan fingerprint density at radius 3 is 2.56 bits per heavy atom. The van der Waals surface area contributed by atoms with Crippen LogP contribution in [0.4, 0.5) is 5.00 Å². The number of carbonyl (C=O) groups is 3. The lowest BCUT2D eigenvalue weighted by Crippen LogP contribution is -2.36. The minimum Gasteiger partial charge on any atom is -0.481 e. The van der Waals surface area contributed by atoms with E-state index in [1.165, 1.54) is 11.3 Å². The fourth-order valence-electron chi connectivity index (χ4n) is 3.86. The highest BCUT2D eigenvalue weighted by molar-refractivity contribution is 7.17. The molecule has 2 aliphatic rings. The number of carbonyl (C=O) groups excluding carboxylic acids is 2. The number of carboxylic acid groups (broad SMARTS) is 1. The normalized spacial score (nSPS) is 22.3. The number of hydrogen-bond donors (Lipinski definition) is 2. The highest BCUT2D eigenvalue weighted by Crippen LogP contribution is 2.40. The average molecular weight is 365 g/mol. The van der Waals surface area contributed by atoms with Gasteiger partial charge in [0.25, 0.3) is 0 Å². The van der Waals surface area contributed by atoms with Crippen LogP contribution in [0.5, 0.6) is 0 Å². The third-order valence-corrected chi connectivity index (χ3v) is 6.26. The van der Waals surface area contributed by atoms with Crippen molar-refractivity contribution in [2.45, 2.75) is 51.9 Å². The van der Waals surface area contributed by atoms with Crippen LogP contribution < -0.4 is 5.32 Å². The van der Waals surface area contributed by atoms with E-state index < -0.39 is 23.8 Å². The maximum Gasteiger partial charge on any atom is 0.341 e. The summed E-state index contributed by atoms with van der Waals surface area (Å²) in [5.41, 5.74) is 1.45. The van der Waals surface area contributed by atoms with Crippen LogP contribution in [0.2, 0.25) is 0 Å². The quantitative estimate of drug-likeness (QED) is 0.782. The van der Waals surface area contributed by atoms with E-state index in [1.54, 1.807) is 6.92 Å². The molecule has 136 valence electrons. The minimum absolute atomic E-state index is 0.278. The van der Waals surface area contributed by atoms with Gasteiger partial charge in [0, 0.05) is 4.88 Å². The minimum atomic E-state index is -0.917. The van der Waals surface area contributed by atoms with E-state index in [9.17, 15) is 19.5 Å². The molecular weight excluding hydrogens is 342 g/mol. The maximum absolute atomic E-state index is 12.7. The smallest absolute Gasteiger partial charge is 0.341 e. The molecule has 7 heteroatoms. The summed E-state index contributed by atoms with van der Waals surface area (Å²) in [6, 6.07) is 0. The molecule has 0 spiro atoms. The lowest BCUT2D eigenvalue weighted by molar-refractivity contribution is -0.147. The molecule has 0 radical (unpaired) electrons. The number of carboxylic acids is 1. The average Bonchev–Trinajstić information content (AvgIpc) is 3.15. The van der Waals surface area contributed by atoms with Gasteiger partial charge in [0.05, 0.1) is 24.0 Å². The van der Waals surface area contributed by atoms with Gasteiger partial charge in [0.15, 0.2) is 0 Å². The van der Waals surface area contributed by atoms with E-state index in [2.05, 4.69) is 5.32 Å². The number of thiophene rings is 1. The lowest BCUT2D eigenvalue weighted by Gasteiger charge is -2.27. The van der Waals surface area contributed by atoms with Crippen LogP contribution in [0, 0.1) is 11.8 Å². The SMILES string of the molecule is CCOC(=O)c1c(NC(=O)C2CCCCC2C(=O)O)sc2c1CCC2. The number of aryl methyl sites for hydroxylation is 1. The van der Waals surface area contributed by atoms with Crippen molar-refractivity contribution in [1.29, 1.82) is 0 Å². The Morgan fingerprint density at radius 2 is 1.88 bits per heavy atom. The van der Waals surface area contributed by atoms with Crippen molar-refractivity contribution in [3.05, 3.63) is 16.0 Å². The summed E-state index contributed by atoms with van der Waals surface area (Å²) in [6.45, 7) is 2.03. The lowest BCUT2D eigenvalue weighted by atomic mass is 9.79. The van der Waals surface area contributed by atoms with Crippen LogP contribution in [0.25, 0.3) is 0 Å². The van der Waals surface area contributed by atoms with Crippen molar-refractivity contribution >= 4 is 34.2 Å². The second kappa shape index (κ2) is 7.56. The molecule has 0 bridgehead atoms. The van der Waals surface area contributed by atoms with E-state index in [0.717, 1.165) is 42.5 Å². The number of anilines is 1. The van der Waals surface area contributed by atoms with Crippen molar-refractivity contribution < 1.29 is 24.2 Å². The van der Waals surface area contributed by atoms with Crippen LogP contribution in [0.1, 0.15) is 59.8 Å². The molecule has 1 fully saturated rings. The molecular formula is C18H23NO5S. The summed E-state index contributed by atoms with van der Waals surface area (Å²) < 4.78 is 5.16. The molecule has 1 saturated carbocycles. The Morgan fingerprint density at radius 1 is 1.16 bits per heavy atom. The van der Waals surface area contributed by atoms with Crippen molar-refractivity contribution in [2.75, 3.05) is 11.9 Å². The summed E-state index contributed by atoms with van der Waals surface area (Å²) in [5, 5.41) is 12.7. The third kappa shape index (κ3) is 3.56. The van der Waals surface area contributed by atoms with Crippen molar-refractivity contribution in [3.63, 3.8) is 0 Å². The van der Waals surface area contributed by atoms with Gasteiger partial charge in [-0.1, -0.05) is 12.8 Å². The number of fused-ring (bicyclic) bond motifs is 1. The second-order valence-corrected chi connectivity index (χ2v) is 7.71. The van der Waals surface area contributed by atoms with E-state index in [-0.39, 0.29) is 12.5 Å². The number of rotatable bonds is 5. The molecule has 2 unspecified atom stereocenters. The number of aliphatic carboxylic acids is 1. The van der Waals surface area contributed by atoms with Gasteiger partial charge in [0.2, 0.25) is 5.91 Å². The molecule has 0 aromatic carbocycles. The van der Waals surface area contributed by atoms with Crippen LogP contribution in [-0.4, -0.2) is 29.6 Å². The van der Waals surface area contributed by atoms with Crippen molar-refractivity contribution in [1.82, 2.24) is 0 Å². The molecule has 2 aliphatic carbocycles. The van der Waals surface area contributed by atoms with Crippen LogP contribution in [-0.2, 0) is 27.2 Å². The second-order valence-electron chi connectivity index (χ2n) is 6.61. The Balaban J connectivity index is 1.83. The Kier molecular flexibility index (Phi) is 5.42. The first-order valence-corrected chi connectivity index (χ1v) is 9.69. The molecule has 1 heterocycles. The first-order valence-electron chi connectivity index (χ1n) is 8.88. The molecule has 2 N–H and O–H groups in total. The van der Waals surface area contributed by atoms with Gasteiger partial charge in [0.1, 0.15) is 5.00 Å². The van der Waals surface area contributed by atoms with Gasteiger partial charge in [-0.3, -0.25) is 9.59 Å². The van der Waals surface area contributed by atoms with E-state index in [4.69, 9.17) is 4.74 Å². The Hall–Kier alpha value is -1.89. The van der Waals surface area contributed by atoms with Gasteiger partial charge in [-0.25, -0.2) is 4.79 Å². The van der Waals surface area contributed by atoms with Crippen molar-refractivity contribution in [3.8, 4) is 0 Å². The molecule has 0 saturated heterocycles. The predicted molar refractivity (Wildman–Crippen MR) is 94.0 cm³/mol. The fourth-order valence-corrected chi connectivity index (χ4v) is 5.14. The summed E-state index contributed by atoms with van der Waals surface area (Å²) >= 11 is 1.42. The molecule has 25 heavy (non-hydrogen) atoms. The molecule has 6 nitrogen and oxygen atoms in total. The summed E-state index contributed by atoms with van der Waals surface area (Å²) in [7, 11) is 0. The summed E-state index contributed by atoms with van der Waals surface area (Å²) in [4.78, 5) is 37.6. The first kappa shape index (κ1) is 17.9. The third-order valence-electron chi connectivity index (χ3n) is 5.06. The highest BCUT2D eigenvalue weighted by Gasteiger charge is 2.37. The predicted octanol–water partition coefficient (Wildman–Crippen LogP) is 3.24. The van der Waals surface area contributed by atoms with Gasteiger partial charge >= 0.3 is 11.9 Å². The standard InChI is InChI=1S/C18H23NO5S/c1-2-24-18(23)14-12-8-5-9-13(12)25-16(14)19-15(20)10-6-3-4-7-11(10)17(21)22/h10-11H,2-9H2,1H3,(H,19,20)(H,21,22). The topological polar surface area (TPSA) is 92.7 Å². The Labute approximate surface area is 150 Å². The fraction of sp³-hybridized carbons (Fsp3) is 0.611. The van der Waals surface area contributed by atoms with E-state index in [0.29, 0.717) is 23.4 Å².